The quantitative estimate of drug-likeness (QED) is 0.885. The molecule has 0 aromatic heterocycles. The first-order chi connectivity index (χ1) is 10.3. The third kappa shape index (κ3) is 3.99. The van der Waals surface area contributed by atoms with E-state index in [0.717, 1.165) is 42.9 Å². The molecule has 0 radical (unpaired) electrons. The minimum atomic E-state index is 0.393. The van der Waals surface area contributed by atoms with Crippen LogP contribution in [0.3, 0.4) is 0 Å². The van der Waals surface area contributed by atoms with Crippen LogP contribution in [0.15, 0.2) is 54.6 Å². The van der Waals surface area contributed by atoms with Crippen LogP contribution in [0.2, 0.25) is 0 Å². The van der Waals surface area contributed by atoms with Crippen LogP contribution in [0.4, 0.5) is 5.69 Å². The Bertz CT molecular complexity index is 545. The molecule has 0 atom stereocenters. The lowest BCUT2D eigenvalue weighted by Crippen LogP contribution is -2.32. The topological polar surface area (TPSA) is 47.3 Å². The maximum Gasteiger partial charge on any atom is 0.127 e. The molecule has 3 nitrogen and oxygen atoms in total. The SMILES string of the molecule is NC1CCC(Nc2ccc(Oc3ccccc3)cc2)CC1. The van der Waals surface area contributed by atoms with E-state index in [1.165, 1.54) is 0 Å². The number of hydrogen-bond acceptors (Lipinski definition) is 3. The third-order valence-corrected chi connectivity index (χ3v) is 3.98. The number of ether oxygens (including phenoxy) is 1. The van der Waals surface area contributed by atoms with Crippen molar-refractivity contribution in [3.05, 3.63) is 54.6 Å². The van der Waals surface area contributed by atoms with Crippen molar-refractivity contribution in [3.8, 4) is 11.5 Å². The zero-order valence-corrected chi connectivity index (χ0v) is 12.2. The monoisotopic (exact) mass is 282 g/mol. The lowest BCUT2D eigenvalue weighted by molar-refractivity contribution is 0.411. The molecule has 2 aromatic carbocycles. The molecule has 3 rings (SSSR count). The van der Waals surface area contributed by atoms with Gasteiger partial charge in [0.2, 0.25) is 0 Å². The Hall–Kier alpha value is -2.00. The van der Waals surface area contributed by atoms with Gasteiger partial charge in [0, 0.05) is 17.8 Å². The fraction of sp³-hybridized carbons (Fsp3) is 0.333. The smallest absolute Gasteiger partial charge is 0.127 e. The molecular weight excluding hydrogens is 260 g/mol. The second kappa shape index (κ2) is 6.64. The third-order valence-electron chi connectivity index (χ3n) is 3.98. The lowest BCUT2D eigenvalue weighted by atomic mass is 9.92. The largest absolute Gasteiger partial charge is 0.457 e. The van der Waals surface area contributed by atoms with E-state index in [9.17, 15) is 0 Å². The maximum atomic E-state index is 5.94. The molecule has 3 heteroatoms. The van der Waals surface area contributed by atoms with Crippen LogP contribution in [-0.4, -0.2) is 12.1 Å². The van der Waals surface area contributed by atoms with Crippen molar-refractivity contribution in [2.24, 2.45) is 5.73 Å². The second-order valence-corrected chi connectivity index (χ2v) is 5.70. The number of rotatable bonds is 4. The van der Waals surface area contributed by atoms with E-state index in [1.807, 2.05) is 42.5 Å². The van der Waals surface area contributed by atoms with E-state index in [2.05, 4.69) is 17.4 Å². The van der Waals surface area contributed by atoms with Crippen molar-refractivity contribution in [3.63, 3.8) is 0 Å². The van der Waals surface area contributed by atoms with Gasteiger partial charge in [-0.05, 0) is 62.1 Å². The first kappa shape index (κ1) is 14.0. The Kier molecular flexibility index (Phi) is 4.41. The predicted octanol–water partition coefficient (Wildman–Crippen LogP) is 4.16. The van der Waals surface area contributed by atoms with E-state index in [-0.39, 0.29) is 0 Å². The van der Waals surface area contributed by atoms with Crippen molar-refractivity contribution in [2.75, 3.05) is 5.32 Å². The van der Waals surface area contributed by atoms with E-state index >= 15 is 0 Å². The molecule has 0 heterocycles. The van der Waals surface area contributed by atoms with E-state index < -0.39 is 0 Å². The summed E-state index contributed by atoms with van der Waals surface area (Å²) in [5.74, 6) is 1.72. The summed E-state index contributed by atoms with van der Waals surface area (Å²) in [4.78, 5) is 0. The Morgan fingerprint density at radius 3 is 2.10 bits per heavy atom. The molecule has 0 spiro atoms. The summed E-state index contributed by atoms with van der Waals surface area (Å²) in [6.45, 7) is 0. The molecule has 1 fully saturated rings. The van der Waals surface area contributed by atoms with Crippen LogP contribution >= 0.6 is 0 Å². The van der Waals surface area contributed by atoms with Gasteiger partial charge in [-0.15, -0.1) is 0 Å². The predicted molar refractivity (Wildman–Crippen MR) is 86.8 cm³/mol. The highest BCUT2D eigenvalue weighted by atomic mass is 16.5. The van der Waals surface area contributed by atoms with E-state index in [4.69, 9.17) is 10.5 Å². The number of hydrogen-bond donors (Lipinski definition) is 2. The molecule has 0 unspecified atom stereocenters. The number of anilines is 1. The standard InChI is InChI=1S/C18H22N2O/c19-14-6-8-15(9-7-14)20-16-10-12-18(13-11-16)21-17-4-2-1-3-5-17/h1-5,10-15,20H,6-9,19H2. The van der Waals surface area contributed by atoms with Crippen molar-refractivity contribution >= 4 is 5.69 Å². The van der Waals surface area contributed by atoms with Gasteiger partial charge in [0.15, 0.2) is 0 Å². The molecule has 0 bridgehead atoms. The molecule has 0 saturated heterocycles. The summed E-state index contributed by atoms with van der Waals surface area (Å²) in [6.07, 6.45) is 4.55. The number of nitrogens with two attached hydrogens (primary N) is 1. The van der Waals surface area contributed by atoms with Gasteiger partial charge in [-0.3, -0.25) is 0 Å². The minimum Gasteiger partial charge on any atom is -0.457 e. The van der Waals surface area contributed by atoms with Gasteiger partial charge in [-0.1, -0.05) is 18.2 Å². The van der Waals surface area contributed by atoms with Crippen molar-refractivity contribution in [1.29, 1.82) is 0 Å². The van der Waals surface area contributed by atoms with Gasteiger partial charge in [0.1, 0.15) is 11.5 Å². The van der Waals surface area contributed by atoms with Gasteiger partial charge in [-0.2, -0.15) is 0 Å². The minimum absolute atomic E-state index is 0.393. The zero-order valence-electron chi connectivity index (χ0n) is 12.2. The highest BCUT2D eigenvalue weighted by molar-refractivity contribution is 5.48. The molecule has 1 aliphatic rings. The number of nitrogens with one attached hydrogen (secondary N) is 1. The zero-order chi connectivity index (χ0) is 14.5. The summed E-state index contributed by atoms with van der Waals surface area (Å²) in [5.41, 5.74) is 7.09. The summed E-state index contributed by atoms with van der Waals surface area (Å²) in [6, 6.07) is 18.9. The highest BCUT2D eigenvalue weighted by Gasteiger charge is 2.17. The average molecular weight is 282 g/mol. The summed E-state index contributed by atoms with van der Waals surface area (Å²) >= 11 is 0. The Morgan fingerprint density at radius 1 is 0.810 bits per heavy atom. The van der Waals surface area contributed by atoms with Crippen molar-refractivity contribution in [2.45, 2.75) is 37.8 Å². The van der Waals surface area contributed by atoms with Crippen LogP contribution in [-0.2, 0) is 0 Å². The van der Waals surface area contributed by atoms with Crippen molar-refractivity contribution < 1.29 is 4.74 Å². The van der Waals surface area contributed by atoms with E-state index in [0.29, 0.717) is 12.1 Å². The van der Waals surface area contributed by atoms with Gasteiger partial charge in [-0.25, -0.2) is 0 Å². The Morgan fingerprint density at radius 2 is 1.43 bits per heavy atom. The van der Waals surface area contributed by atoms with Crippen LogP contribution in [0.5, 0.6) is 11.5 Å². The normalized spacial score (nSPS) is 21.8. The Balaban J connectivity index is 1.57. The van der Waals surface area contributed by atoms with Gasteiger partial charge in [0.05, 0.1) is 0 Å². The molecule has 0 amide bonds. The first-order valence-electron chi connectivity index (χ1n) is 7.65. The van der Waals surface area contributed by atoms with Crippen molar-refractivity contribution in [1.82, 2.24) is 0 Å². The molecule has 110 valence electrons. The summed E-state index contributed by atoms with van der Waals surface area (Å²) < 4.78 is 5.79. The fourth-order valence-electron chi connectivity index (χ4n) is 2.74. The summed E-state index contributed by atoms with van der Waals surface area (Å²) in [7, 11) is 0. The molecule has 2 aromatic rings. The summed E-state index contributed by atoms with van der Waals surface area (Å²) in [5, 5.41) is 3.58. The first-order valence-corrected chi connectivity index (χ1v) is 7.65. The lowest BCUT2D eigenvalue weighted by Gasteiger charge is -2.27. The molecule has 3 N–H and O–H groups in total. The number of benzene rings is 2. The fourth-order valence-corrected chi connectivity index (χ4v) is 2.74. The van der Waals surface area contributed by atoms with Crippen LogP contribution in [0, 0.1) is 0 Å². The molecule has 0 aliphatic heterocycles. The maximum absolute atomic E-state index is 5.94. The highest BCUT2D eigenvalue weighted by Crippen LogP contribution is 2.25. The molecule has 1 saturated carbocycles. The van der Waals surface area contributed by atoms with E-state index in [1.54, 1.807) is 0 Å². The van der Waals surface area contributed by atoms with Crippen LogP contribution in [0.25, 0.3) is 0 Å². The average Bonchev–Trinajstić information content (AvgIpc) is 2.53. The molecular formula is C18H22N2O. The molecule has 21 heavy (non-hydrogen) atoms. The van der Waals surface area contributed by atoms with Crippen LogP contribution in [0.1, 0.15) is 25.7 Å². The Labute approximate surface area is 126 Å². The van der Waals surface area contributed by atoms with Gasteiger partial charge < -0.3 is 15.8 Å². The number of para-hydroxylation sites is 1. The van der Waals surface area contributed by atoms with Gasteiger partial charge >= 0.3 is 0 Å². The van der Waals surface area contributed by atoms with Gasteiger partial charge in [0.25, 0.3) is 0 Å². The second-order valence-electron chi connectivity index (χ2n) is 5.70. The van der Waals surface area contributed by atoms with Crippen LogP contribution < -0.4 is 15.8 Å². The molecule has 1 aliphatic carbocycles.